The molecular weight excluding hydrogens is 390 g/mol. The minimum Gasteiger partial charge on any atom is -0.506 e. The number of methoxy groups -OCH3 is 3. The maximum absolute atomic E-state index is 12.6. The Balaban J connectivity index is 1.93. The SMILES string of the molecule is COc1cc(OC)c(OC)cc1C=NNC(=O)c1c(O)c2ccccc2n(C)c1=O. The molecule has 0 unspecified atom stereocenters. The first-order valence-electron chi connectivity index (χ1n) is 8.87. The number of pyridine rings is 1. The third kappa shape index (κ3) is 3.64. The molecule has 0 saturated heterocycles. The van der Waals surface area contributed by atoms with Gasteiger partial charge in [-0.1, -0.05) is 12.1 Å². The molecule has 2 N–H and O–H groups in total. The van der Waals surface area contributed by atoms with E-state index in [-0.39, 0.29) is 0 Å². The van der Waals surface area contributed by atoms with Crippen molar-refractivity contribution < 1.29 is 24.1 Å². The topological polar surface area (TPSA) is 111 Å². The largest absolute Gasteiger partial charge is 0.506 e. The highest BCUT2D eigenvalue weighted by Gasteiger charge is 2.20. The van der Waals surface area contributed by atoms with Crippen molar-refractivity contribution in [1.82, 2.24) is 9.99 Å². The summed E-state index contributed by atoms with van der Waals surface area (Å²) >= 11 is 0. The van der Waals surface area contributed by atoms with E-state index in [0.717, 1.165) is 0 Å². The normalized spacial score (nSPS) is 10.9. The van der Waals surface area contributed by atoms with E-state index < -0.39 is 22.8 Å². The zero-order valence-corrected chi connectivity index (χ0v) is 16.9. The molecule has 9 heteroatoms. The van der Waals surface area contributed by atoms with Gasteiger partial charge < -0.3 is 23.9 Å². The van der Waals surface area contributed by atoms with Gasteiger partial charge in [0, 0.05) is 24.1 Å². The van der Waals surface area contributed by atoms with Crippen molar-refractivity contribution in [2.75, 3.05) is 21.3 Å². The summed E-state index contributed by atoms with van der Waals surface area (Å²) in [6.07, 6.45) is 1.33. The molecule has 0 aliphatic rings. The molecule has 0 aliphatic carbocycles. The van der Waals surface area contributed by atoms with E-state index in [1.54, 1.807) is 36.4 Å². The Kier molecular flexibility index (Phi) is 5.91. The Morgan fingerprint density at radius 1 is 1.07 bits per heavy atom. The van der Waals surface area contributed by atoms with Crippen molar-refractivity contribution in [1.29, 1.82) is 0 Å². The van der Waals surface area contributed by atoms with Crippen LogP contribution in [0.4, 0.5) is 0 Å². The number of hydrogen-bond donors (Lipinski definition) is 2. The predicted molar refractivity (Wildman–Crippen MR) is 112 cm³/mol. The summed E-state index contributed by atoms with van der Waals surface area (Å²) in [6, 6.07) is 9.99. The van der Waals surface area contributed by atoms with Crippen LogP contribution in [0.15, 0.2) is 46.3 Å². The summed E-state index contributed by atoms with van der Waals surface area (Å²) in [4.78, 5) is 25.1. The molecule has 0 bridgehead atoms. The van der Waals surface area contributed by atoms with Crippen LogP contribution in [0.2, 0.25) is 0 Å². The molecule has 0 saturated carbocycles. The van der Waals surface area contributed by atoms with Crippen molar-refractivity contribution >= 4 is 23.0 Å². The van der Waals surface area contributed by atoms with Gasteiger partial charge in [0.15, 0.2) is 11.5 Å². The lowest BCUT2D eigenvalue weighted by atomic mass is 10.1. The van der Waals surface area contributed by atoms with E-state index in [4.69, 9.17) is 14.2 Å². The number of aromatic hydroxyl groups is 1. The van der Waals surface area contributed by atoms with Gasteiger partial charge in [-0.05, 0) is 18.2 Å². The fourth-order valence-electron chi connectivity index (χ4n) is 3.05. The minimum atomic E-state index is -0.838. The molecule has 0 fully saturated rings. The molecular formula is C21H21N3O6. The number of aryl methyl sites for hydroxylation is 1. The predicted octanol–water partition coefficient (Wildman–Crippen LogP) is 2.03. The monoisotopic (exact) mass is 411 g/mol. The number of carbonyl (C=O) groups is 1. The highest BCUT2D eigenvalue weighted by atomic mass is 16.5. The molecule has 2 aromatic carbocycles. The molecule has 3 aromatic rings. The van der Waals surface area contributed by atoms with E-state index in [9.17, 15) is 14.7 Å². The summed E-state index contributed by atoms with van der Waals surface area (Å²) in [7, 11) is 6.00. The number of benzene rings is 2. The van der Waals surface area contributed by atoms with Crippen LogP contribution in [0.5, 0.6) is 23.0 Å². The van der Waals surface area contributed by atoms with Crippen molar-refractivity contribution in [3.63, 3.8) is 0 Å². The fraction of sp³-hybridized carbons (Fsp3) is 0.190. The third-order valence-corrected chi connectivity index (χ3v) is 4.61. The average molecular weight is 411 g/mol. The van der Waals surface area contributed by atoms with Gasteiger partial charge in [0.25, 0.3) is 11.5 Å². The van der Waals surface area contributed by atoms with Crippen LogP contribution >= 0.6 is 0 Å². The van der Waals surface area contributed by atoms with Crippen molar-refractivity contribution in [3.05, 3.63) is 57.9 Å². The maximum atomic E-state index is 12.6. The molecule has 1 aromatic heterocycles. The average Bonchev–Trinajstić information content (AvgIpc) is 2.77. The van der Waals surface area contributed by atoms with E-state index in [1.807, 2.05) is 0 Å². The number of hydrazone groups is 1. The number of fused-ring (bicyclic) bond motifs is 1. The standard InChI is InChI=1S/C21H21N3O6/c1-24-14-8-6-5-7-13(14)19(25)18(21(24)27)20(26)23-22-11-12-9-16(29-3)17(30-4)10-15(12)28-2/h5-11,25H,1-4H3,(H,23,26). The second kappa shape index (κ2) is 8.56. The molecule has 1 amide bonds. The summed E-state index contributed by atoms with van der Waals surface area (Å²) in [6.45, 7) is 0. The number of hydrogen-bond acceptors (Lipinski definition) is 7. The smallest absolute Gasteiger partial charge is 0.280 e. The number of rotatable bonds is 6. The van der Waals surface area contributed by atoms with Gasteiger partial charge in [-0.25, -0.2) is 5.43 Å². The van der Waals surface area contributed by atoms with Crippen LogP contribution in [-0.2, 0) is 7.05 Å². The number of carbonyl (C=O) groups excluding carboxylic acids is 1. The zero-order chi connectivity index (χ0) is 21.8. The second-order valence-electron chi connectivity index (χ2n) is 6.25. The van der Waals surface area contributed by atoms with E-state index in [2.05, 4.69) is 10.5 Å². The number of amides is 1. The Morgan fingerprint density at radius 2 is 1.70 bits per heavy atom. The molecule has 1 heterocycles. The number of ether oxygens (including phenoxy) is 3. The Morgan fingerprint density at radius 3 is 2.37 bits per heavy atom. The van der Waals surface area contributed by atoms with Crippen LogP contribution in [-0.4, -0.2) is 43.1 Å². The van der Waals surface area contributed by atoms with Gasteiger partial charge in [0.1, 0.15) is 17.1 Å². The third-order valence-electron chi connectivity index (χ3n) is 4.61. The highest BCUT2D eigenvalue weighted by molar-refractivity contribution is 6.02. The number of para-hydroxylation sites is 1. The first kappa shape index (κ1) is 20.7. The van der Waals surface area contributed by atoms with Gasteiger partial charge >= 0.3 is 0 Å². The lowest BCUT2D eigenvalue weighted by Gasteiger charge is -2.12. The molecule has 9 nitrogen and oxygen atoms in total. The number of nitrogens with zero attached hydrogens (tertiary/aromatic N) is 2. The second-order valence-corrected chi connectivity index (χ2v) is 6.25. The quantitative estimate of drug-likeness (QED) is 0.474. The van der Waals surface area contributed by atoms with Crippen LogP contribution < -0.4 is 25.2 Å². The summed E-state index contributed by atoms with van der Waals surface area (Å²) in [5.41, 5.74) is 2.25. The Bertz CT molecular complexity index is 1200. The Hall–Kier alpha value is -4.01. The van der Waals surface area contributed by atoms with E-state index >= 15 is 0 Å². The summed E-state index contributed by atoms with van der Waals surface area (Å²) < 4.78 is 17.1. The fourth-order valence-corrected chi connectivity index (χ4v) is 3.05. The molecule has 30 heavy (non-hydrogen) atoms. The molecule has 0 spiro atoms. The highest BCUT2D eigenvalue weighted by Crippen LogP contribution is 2.33. The number of aromatic nitrogens is 1. The van der Waals surface area contributed by atoms with Gasteiger partial charge in [-0.3, -0.25) is 9.59 Å². The summed E-state index contributed by atoms with van der Waals surface area (Å²) in [5.74, 6) is 0.127. The first-order valence-corrected chi connectivity index (χ1v) is 8.87. The molecule has 3 rings (SSSR count). The molecule has 156 valence electrons. The van der Waals surface area contributed by atoms with Gasteiger partial charge in [-0.15, -0.1) is 0 Å². The van der Waals surface area contributed by atoms with Crippen LogP contribution in [0, 0.1) is 0 Å². The maximum Gasteiger partial charge on any atom is 0.280 e. The van der Waals surface area contributed by atoms with Gasteiger partial charge in [-0.2, -0.15) is 5.10 Å². The molecule has 0 aliphatic heterocycles. The van der Waals surface area contributed by atoms with Gasteiger partial charge in [0.2, 0.25) is 0 Å². The van der Waals surface area contributed by atoms with Crippen molar-refractivity contribution in [2.45, 2.75) is 0 Å². The van der Waals surface area contributed by atoms with Crippen LogP contribution in [0.1, 0.15) is 15.9 Å². The van der Waals surface area contributed by atoms with Crippen molar-refractivity contribution in [3.8, 4) is 23.0 Å². The summed E-state index contributed by atoms with van der Waals surface area (Å²) in [5, 5.41) is 14.7. The Labute approximate surface area is 172 Å². The van der Waals surface area contributed by atoms with Crippen LogP contribution in [0.25, 0.3) is 10.9 Å². The lowest BCUT2D eigenvalue weighted by Crippen LogP contribution is -2.30. The first-order chi connectivity index (χ1) is 14.4. The van der Waals surface area contributed by atoms with E-state index in [1.165, 1.54) is 39.2 Å². The zero-order valence-electron chi connectivity index (χ0n) is 16.9. The molecule has 0 radical (unpaired) electrons. The lowest BCUT2D eigenvalue weighted by molar-refractivity contribution is 0.0950. The minimum absolute atomic E-state index is 0.385. The molecule has 0 atom stereocenters. The van der Waals surface area contributed by atoms with Crippen molar-refractivity contribution in [2.24, 2.45) is 12.1 Å². The number of nitrogens with one attached hydrogen (secondary N) is 1. The van der Waals surface area contributed by atoms with Gasteiger partial charge in [0.05, 0.1) is 33.1 Å². The van der Waals surface area contributed by atoms with E-state index in [0.29, 0.717) is 33.7 Å². The van der Waals surface area contributed by atoms with Crippen LogP contribution in [0.3, 0.4) is 0 Å².